The van der Waals surface area contributed by atoms with Crippen LogP contribution in [0.1, 0.15) is 10.4 Å². The van der Waals surface area contributed by atoms with Crippen LogP contribution in [0.3, 0.4) is 0 Å². The minimum atomic E-state index is -0.407. The summed E-state index contributed by atoms with van der Waals surface area (Å²) >= 11 is 5.84. The van der Waals surface area contributed by atoms with E-state index in [1.807, 2.05) is 4.90 Å². The maximum absolute atomic E-state index is 12.8. The molecule has 6 nitrogen and oxygen atoms in total. The number of benzene rings is 2. The quantitative estimate of drug-likeness (QED) is 0.770. The number of halogens is 1. The number of amides is 3. The number of quaternary nitrogens is 1. The van der Waals surface area contributed by atoms with Gasteiger partial charge in [0.25, 0.3) is 5.91 Å². The number of anilines is 2. The van der Waals surface area contributed by atoms with Gasteiger partial charge in [0.05, 0.1) is 44.5 Å². The molecule has 136 valence electrons. The van der Waals surface area contributed by atoms with E-state index in [4.69, 9.17) is 11.6 Å². The lowest BCUT2D eigenvalue weighted by Gasteiger charge is -2.30. The second kappa shape index (κ2) is 8.21. The Morgan fingerprint density at radius 2 is 1.65 bits per heavy atom. The van der Waals surface area contributed by atoms with Crippen LogP contribution in [0.5, 0.6) is 0 Å². The van der Waals surface area contributed by atoms with Gasteiger partial charge < -0.3 is 20.4 Å². The molecule has 1 aliphatic heterocycles. The maximum atomic E-state index is 12.8. The molecule has 7 heteroatoms. The van der Waals surface area contributed by atoms with Crippen molar-refractivity contribution >= 4 is 34.9 Å². The highest BCUT2D eigenvalue weighted by Gasteiger charge is 2.24. The van der Waals surface area contributed by atoms with E-state index >= 15 is 0 Å². The lowest BCUT2D eigenvalue weighted by molar-refractivity contribution is -0.883. The molecule has 3 amide bonds. The van der Waals surface area contributed by atoms with Crippen LogP contribution in [0.25, 0.3) is 0 Å². The molecule has 3 rings (SSSR count). The lowest BCUT2D eigenvalue weighted by Crippen LogP contribution is -3.12. The molecule has 0 unspecified atom stereocenters. The van der Waals surface area contributed by atoms with Gasteiger partial charge in [0, 0.05) is 10.7 Å². The van der Waals surface area contributed by atoms with Gasteiger partial charge in [0.15, 0.2) is 0 Å². The van der Waals surface area contributed by atoms with Gasteiger partial charge in [-0.3, -0.25) is 4.79 Å². The number of likely N-dealkylation sites (N-methyl/N-ethyl adjacent to an activating group) is 1. The summed E-state index contributed by atoms with van der Waals surface area (Å²) in [5.41, 5.74) is 1.62. The molecule has 0 spiro atoms. The molecular formula is C19H22ClN4O2+. The standard InChI is InChI=1S/C19H21ClN4O2/c1-23-10-12-24(13-11-23)18(25)16-4-2-3-5-17(16)22-19(26)21-15-8-6-14(20)7-9-15/h2-9H,10-13H2,1H3,(H2,21,22,26)/p+1. The van der Waals surface area contributed by atoms with Crippen molar-refractivity contribution in [2.75, 3.05) is 43.9 Å². The summed E-state index contributed by atoms with van der Waals surface area (Å²) in [7, 11) is 2.12. The number of piperazine rings is 1. The van der Waals surface area contributed by atoms with Gasteiger partial charge in [0.2, 0.25) is 0 Å². The predicted molar refractivity (Wildman–Crippen MR) is 103 cm³/mol. The van der Waals surface area contributed by atoms with Crippen LogP contribution in [0.4, 0.5) is 16.2 Å². The molecule has 26 heavy (non-hydrogen) atoms. The minimum absolute atomic E-state index is 0.0557. The van der Waals surface area contributed by atoms with E-state index in [1.54, 1.807) is 48.5 Å². The van der Waals surface area contributed by atoms with Crippen LogP contribution >= 0.6 is 11.6 Å². The Balaban J connectivity index is 1.69. The first kappa shape index (κ1) is 18.2. The number of carbonyl (C=O) groups excluding carboxylic acids is 2. The number of nitrogens with zero attached hydrogens (tertiary/aromatic N) is 1. The van der Waals surface area contributed by atoms with Crippen molar-refractivity contribution in [3.63, 3.8) is 0 Å². The van der Waals surface area contributed by atoms with Crippen molar-refractivity contribution in [2.45, 2.75) is 0 Å². The van der Waals surface area contributed by atoms with Crippen molar-refractivity contribution in [1.82, 2.24) is 4.90 Å². The first-order valence-corrected chi connectivity index (χ1v) is 8.94. The third-order valence-electron chi connectivity index (χ3n) is 4.41. The van der Waals surface area contributed by atoms with E-state index in [1.165, 1.54) is 4.90 Å². The highest BCUT2D eigenvalue weighted by Crippen LogP contribution is 2.19. The first-order chi connectivity index (χ1) is 12.5. The highest BCUT2D eigenvalue weighted by atomic mass is 35.5. The second-order valence-electron chi connectivity index (χ2n) is 6.38. The minimum Gasteiger partial charge on any atom is -0.334 e. The second-order valence-corrected chi connectivity index (χ2v) is 6.82. The average molecular weight is 374 g/mol. The van der Waals surface area contributed by atoms with Crippen LogP contribution in [0.2, 0.25) is 5.02 Å². The lowest BCUT2D eigenvalue weighted by atomic mass is 10.1. The molecule has 0 radical (unpaired) electrons. The van der Waals surface area contributed by atoms with E-state index in [0.717, 1.165) is 26.2 Å². The van der Waals surface area contributed by atoms with E-state index in [-0.39, 0.29) is 5.91 Å². The third kappa shape index (κ3) is 4.53. The van der Waals surface area contributed by atoms with E-state index in [2.05, 4.69) is 17.7 Å². The monoisotopic (exact) mass is 373 g/mol. The Morgan fingerprint density at radius 3 is 2.35 bits per heavy atom. The van der Waals surface area contributed by atoms with Crippen molar-refractivity contribution in [3.8, 4) is 0 Å². The normalized spacial score (nSPS) is 14.8. The molecule has 1 heterocycles. The molecule has 0 aromatic heterocycles. The summed E-state index contributed by atoms with van der Waals surface area (Å²) in [6, 6.07) is 13.5. The molecule has 3 N–H and O–H groups in total. The Hall–Kier alpha value is -2.57. The Bertz CT molecular complexity index is 786. The summed E-state index contributed by atoms with van der Waals surface area (Å²) in [6.45, 7) is 3.29. The smallest absolute Gasteiger partial charge is 0.323 e. The molecule has 1 aliphatic rings. The third-order valence-corrected chi connectivity index (χ3v) is 4.66. The summed E-state index contributed by atoms with van der Waals surface area (Å²) in [4.78, 5) is 28.4. The maximum Gasteiger partial charge on any atom is 0.323 e. The number of para-hydroxylation sites is 1. The Labute approximate surface area is 157 Å². The van der Waals surface area contributed by atoms with Crippen LogP contribution < -0.4 is 15.5 Å². The summed E-state index contributed by atoms with van der Waals surface area (Å²) in [5.74, 6) is -0.0557. The van der Waals surface area contributed by atoms with Crippen LogP contribution in [-0.4, -0.2) is 50.1 Å². The number of rotatable bonds is 3. The van der Waals surface area contributed by atoms with E-state index in [0.29, 0.717) is 22.0 Å². The molecule has 0 saturated carbocycles. The van der Waals surface area contributed by atoms with Crippen molar-refractivity contribution in [3.05, 3.63) is 59.1 Å². The Kier molecular flexibility index (Phi) is 5.75. The molecule has 1 fully saturated rings. The van der Waals surface area contributed by atoms with Crippen molar-refractivity contribution < 1.29 is 14.5 Å². The van der Waals surface area contributed by atoms with E-state index < -0.39 is 6.03 Å². The van der Waals surface area contributed by atoms with Gasteiger partial charge in [0.1, 0.15) is 0 Å². The van der Waals surface area contributed by atoms with Gasteiger partial charge in [-0.15, -0.1) is 0 Å². The van der Waals surface area contributed by atoms with Crippen LogP contribution in [0.15, 0.2) is 48.5 Å². The first-order valence-electron chi connectivity index (χ1n) is 8.56. The largest absolute Gasteiger partial charge is 0.334 e. The van der Waals surface area contributed by atoms with Gasteiger partial charge in [-0.05, 0) is 36.4 Å². The van der Waals surface area contributed by atoms with Gasteiger partial charge in [-0.2, -0.15) is 0 Å². The van der Waals surface area contributed by atoms with Crippen LogP contribution in [0, 0.1) is 0 Å². The van der Waals surface area contributed by atoms with Crippen LogP contribution in [-0.2, 0) is 0 Å². The molecular weight excluding hydrogens is 352 g/mol. The predicted octanol–water partition coefficient (Wildman–Crippen LogP) is 1.95. The molecule has 2 aromatic rings. The van der Waals surface area contributed by atoms with Gasteiger partial charge in [-0.25, -0.2) is 4.79 Å². The fraction of sp³-hybridized carbons (Fsp3) is 0.263. The number of urea groups is 1. The van der Waals surface area contributed by atoms with Crippen molar-refractivity contribution in [2.24, 2.45) is 0 Å². The summed E-state index contributed by atoms with van der Waals surface area (Å²) in [5, 5.41) is 6.10. The SMILES string of the molecule is C[NH+]1CCN(C(=O)c2ccccc2NC(=O)Nc2ccc(Cl)cc2)CC1. The van der Waals surface area contributed by atoms with E-state index in [9.17, 15) is 9.59 Å². The number of hydrogen-bond acceptors (Lipinski definition) is 2. The Morgan fingerprint density at radius 1 is 1.00 bits per heavy atom. The summed E-state index contributed by atoms with van der Waals surface area (Å²) < 4.78 is 0. The number of carbonyl (C=O) groups is 2. The molecule has 1 saturated heterocycles. The fourth-order valence-corrected chi connectivity index (χ4v) is 2.98. The molecule has 2 aromatic carbocycles. The number of hydrogen-bond donors (Lipinski definition) is 3. The molecule has 0 atom stereocenters. The van der Waals surface area contributed by atoms with Gasteiger partial charge in [-0.1, -0.05) is 23.7 Å². The topological polar surface area (TPSA) is 65.9 Å². The van der Waals surface area contributed by atoms with Gasteiger partial charge >= 0.3 is 6.03 Å². The zero-order chi connectivity index (χ0) is 18.5. The average Bonchev–Trinajstić information content (AvgIpc) is 2.64. The molecule has 0 aliphatic carbocycles. The molecule has 0 bridgehead atoms. The fourth-order valence-electron chi connectivity index (χ4n) is 2.86. The summed E-state index contributed by atoms with van der Waals surface area (Å²) in [6.07, 6.45) is 0. The number of nitrogens with one attached hydrogen (secondary N) is 3. The highest BCUT2D eigenvalue weighted by molar-refractivity contribution is 6.30. The zero-order valence-corrected chi connectivity index (χ0v) is 15.3. The zero-order valence-electron chi connectivity index (χ0n) is 14.6. The van der Waals surface area contributed by atoms with Crippen molar-refractivity contribution in [1.29, 1.82) is 0 Å².